The molecule has 0 radical (unpaired) electrons. The smallest absolute Gasteiger partial charge is 0.257 e. The number of nitrogens with one attached hydrogen (secondary N) is 1. The molecule has 0 aliphatic carbocycles. The maximum absolute atomic E-state index is 12.6. The second-order valence-corrected chi connectivity index (χ2v) is 5.74. The SMILES string of the molecule is COc1ccc(NC(=O)c2cc(=O)n(P)c3c2CCOCC3)nn1. The Bertz CT molecular complexity index is 819. The molecule has 1 aliphatic heterocycles. The van der Waals surface area contributed by atoms with Gasteiger partial charge in [0.15, 0.2) is 5.82 Å². The number of fused-ring (bicyclic) bond motifs is 1. The molecule has 0 aromatic carbocycles. The lowest BCUT2D eigenvalue weighted by Crippen LogP contribution is -2.25. The fourth-order valence-corrected chi connectivity index (χ4v) is 2.95. The summed E-state index contributed by atoms with van der Waals surface area (Å²) in [5.74, 6) is 0.245. The molecule has 1 aliphatic rings. The van der Waals surface area contributed by atoms with E-state index < -0.39 is 5.91 Å². The van der Waals surface area contributed by atoms with E-state index in [2.05, 4.69) is 24.9 Å². The molecule has 2 aromatic rings. The van der Waals surface area contributed by atoms with Crippen molar-refractivity contribution in [2.45, 2.75) is 12.8 Å². The molecule has 0 saturated carbocycles. The molecular weight excluding hydrogens is 331 g/mol. The van der Waals surface area contributed by atoms with E-state index >= 15 is 0 Å². The zero-order valence-corrected chi connectivity index (χ0v) is 14.3. The maximum atomic E-state index is 12.6. The van der Waals surface area contributed by atoms with E-state index in [0.717, 1.165) is 11.3 Å². The highest BCUT2D eigenvalue weighted by molar-refractivity contribution is 7.14. The first-order chi connectivity index (χ1) is 11.6. The lowest BCUT2D eigenvalue weighted by molar-refractivity contribution is 0.102. The van der Waals surface area contributed by atoms with Gasteiger partial charge in [0.25, 0.3) is 11.5 Å². The number of amides is 1. The van der Waals surface area contributed by atoms with Gasteiger partial charge in [-0.25, -0.2) is 0 Å². The van der Waals surface area contributed by atoms with Gasteiger partial charge in [-0.2, -0.15) is 0 Å². The van der Waals surface area contributed by atoms with Crippen LogP contribution in [-0.4, -0.2) is 40.8 Å². The van der Waals surface area contributed by atoms with E-state index in [4.69, 9.17) is 9.47 Å². The standard InChI is InChI=1S/C15H17N4O4P/c1-22-13-3-2-12(17-18-13)16-15(21)10-8-14(20)19(24)11-5-7-23-6-4-9(10)11/h2-3,8H,4-7,24H2,1H3,(H,16,17,21). The molecule has 3 heterocycles. The highest BCUT2D eigenvalue weighted by Crippen LogP contribution is 2.20. The van der Waals surface area contributed by atoms with E-state index in [0.29, 0.717) is 37.5 Å². The number of ether oxygens (including phenoxy) is 2. The summed E-state index contributed by atoms with van der Waals surface area (Å²) >= 11 is 0. The van der Waals surface area contributed by atoms with Crippen LogP contribution in [0, 0.1) is 0 Å². The second kappa shape index (κ2) is 7.07. The summed E-state index contributed by atoms with van der Waals surface area (Å²) in [6, 6.07) is 4.52. The van der Waals surface area contributed by atoms with Gasteiger partial charge in [0.2, 0.25) is 5.88 Å². The predicted molar refractivity (Wildman–Crippen MR) is 90.6 cm³/mol. The first-order valence-corrected chi connectivity index (χ1v) is 7.91. The number of nitrogens with zero attached hydrogens (tertiary/aromatic N) is 3. The van der Waals surface area contributed by atoms with Crippen molar-refractivity contribution in [3.63, 3.8) is 0 Å². The monoisotopic (exact) mass is 348 g/mol. The molecule has 126 valence electrons. The van der Waals surface area contributed by atoms with E-state index in [-0.39, 0.29) is 11.4 Å². The number of pyridine rings is 1. The third kappa shape index (κ3) is 3.29. The van der Waals surface area contributed by atoms with Crippen molar-refractivity contribution in [1.29, 1.82) is 0 Å². The molecule has 1 amide bonds. The van der Waals surface area contributed by atoms with Gasteiger partial charge in [-0.05, 0) is 27.4 Å². The number of carbonyl (C=O) groups excluding carboxylic acids is 1. The minimum absolute atomic E-state index is 0.258. The van der Waals surface area contributed by atoms with Gasteiger partial charge >= 0.3 is 0 Å². The highest BCUT2D eigenvalue weighted by atomic mass is 31.0. The van der Waals surface area contributed by atoms with Crippen LogP contribution in [0.15, 0.2) is 23.0 Å². The molecule has 3 rings (SSSR count). The summed E-state index contributed by atoms with van der Waals surface area (Å²) in [7, 11) is 3.88. The van der Waals surface area contributed by atoms with Gasteiger partial charge in [-0.1, -0.05) is 0 Å². The average Bonchev–Trinajstić information content (AvgIpc) is 2.85. The van der Waals surface area contributed by atoms with Gasteiger partial charge in [0.1, 0.15) is 0 Å². The molecule has 0 fully saturated rings. The van der Waals surface area contributed by atoms with Crippen molar-refractivity contribution < 1.29 is 14.3 Å². The Kier molecular flexibility index (Phi) is 4.87. The van der Waals surface area contributed by atoms with Crippen LogP contribution < -0.4 is 15.6 Å². The Balaban J connectivity index is 1.94. The van der Waals surface area contributed by atoms with Crippen LogP contribution in [0.25, 0.3) is 0 Å². The van der Waals surface area contributed by atoms with E-state index in [9.17, 15) is 9.59 Å². The van der Waals surface area contributed by atoms with Gasteiger partial charge in [0.05, 0.1) is 25.9 Å². The Morgan fingerprint density at radius 2 is 2.12 bits per heavy atom. The Morgan fingerprint density at radius 1 is 1.33 bits per heavy atom. The van der Waals surface area contributed by atoms with Crippen molar-refractivity contribution >= 4 is 21.1 Å². The van der Waals surface area contributed by atoms with E-state index in [1.54, 1.807) is 12.1 Å². The summed E-state index contributed by atoms with van der Waals surface area (Å²) in [6.07, 6.45) is 1.15. The van der Waals surface area contributed by atoms with Crippen LogP contribution in [0.2, 0.25) is 0 Å². The fourth-order valence-electron chi connectivity index (χ4n) is 2.59. The van der Waals surface area contributed by atoms with Gasteiger partial charge in [0, 0.05) is 24.2 Å². The number of methoxy groups -OCH3 is 1. The largest absolute Gasteiger partial charge is 0.480 e. The molecule has 1 atom stereocenters. The van der Waals surface area contributed by atoms with Crippen molar-refractivity contribution in [2.75, 3.05) is 25.6 Å². The maximum Gasteiger partial charge on any atom is 0.257 e. The molecular formula is C15H17N4O4P. The summed E-state index contributed by atoms with van der Waals surface area (Å²) < 4.78 is 11.9. The lowest BCUT2D eigenvalue weighted by atomic mass is 10.0. The molecule has 2 aromatic heterocycles. The molecule has 0 bridgehead atoms. The van der Waals surface area contributed by atoms with Crippen LogP contribution in [0.3, 0.4) is 0 Å². The normalized spacial score (nSPS) is 13.8. The molecule has 1 N–H and O–H groups in total. The number of hydrogen-bond acceptors (Lipinski definition) is 6. The zero-order valence-electron chi connectivity index (χ0n) is 13.1. The summed E-state index contributed by atoms with van der Waals surface area (Å²) in [5, 5.41) is 10.3. The van der Waals surface area contributed by atoms with Gasteiger partial charge in [-0.15, -0.1) is 10.2 Å². The zero-order chi connectivity index (χ0) is 17.1. The van der Waals surface area contributed by atoms with Crippen LogP contribution in [-0.2, 0) is 17.6 Å². The summed E-state index contributed by atoms with van der Waals surface area (Å²) in [5.41, 5.74) is 1.71. The number of rotatable bonds is 3. The van der Waals surface area contributed by atoms with Crippen molar-refractivity contribution in [1.82, 2.24) is 14.5 Å². The molecule has 8 nitrogen and oxygen atoms in total. The Labute approximate surface area is 140 Å². The number of anilines is 1. The van der Waals surface area contributed by atoms with Crippen LogP contribution >= 0.6 is 9.39 Å². The molecule has 1 unspecified atom stereocenters. The quantitative estimate of drug-likeness (QED) is 0.819. The summed E-state index contributed by atoms with van der Waals surface area (Å²) in [6.45, 7) is 1.04. The fraction of sp³-hybridized carbons (Fsp3) is 0.333. The Hall–Kier alpha value is -2.31. The Morgan fingerprint density at radius 3 is 2.83 bits per heavy atom. The predicted octanol–water partition coefficient (Wildman–Crippen LogP) is 0.653. The van der Waals surface area contributed by atoms with Crippen molar-refractivity contribution in [2.24, 2.45) is 0 Å². The number of carbonyl (C=O) groups is 1. The molecule has 24 heavy (non-hydrogen) atoms. The van der Waals surface area contributed by atoms with Gasteiger partial charge < -0.3 is 14.8 Å². The molecule has 0 spiro atoms. The average molecular weight is 348 g/mol. The molecule has 0 saturated heterocycles. The van der Waals surface area contributed by atoms with Crippen molar-refractivity contribution in [3.8, 4) is 5.88 Å². The number of aromatic nitrogens is 3. The van der Waals surface area contributed by atoms with Crippen molar-refractivity contribution in [3.05, 3.63) is 45.4 Å². The minimum atomic E-state index is -0.393. The van der Waals surface area contributed by atoms with Crippen LogP contribution in [0.5, 0.6) is 5.88 Å². The second-order valence-electron chi connectivity index (χ2n) is 5.22. The summed E-state index contributed by atoms with van der Waals surface area (Å²) in [4.78, 5) is 24.8. The topological polar surface area (TPSA) is 95.3 Å². The highest BCUT2D eigenvalue weighted by Gasteiger charge is 2.21. The first-order valence-electron chi connectivity index (χ1n) is 7.40. The third-order valence-corrected chi connectivity index (χ3v) is 4.35. The third-order valence-electron chi connectivity index (χ3n) is 3.78. The van der Waals surface area contributed by atoms with E-state index in [1.807, 2.05) is 0 Å². The van der Waals surface area contributed by atoms with Crippen LogP contribution in [0.1, 0.15) is 21.6 Å². The van der Waals surface area contributed by atoms with Crippen LogP contribution in [0.4, 0.5) is 5.82 Å². The first kappa shape index (κ1) is 16.5. The minimum Gasteiger partial charge on any atom is -0.480 e. The lowest BCUT2D eigenvalue weighted by Gasteiger charge is -2.14. The number of hydrogen-bond donors (Lipinski definition) is 1. The van der Waals surface area contributed by atoms with E-state index in [1.165, 1.54) is 17.5 Å². The van der Waals surface area contributed by atoms with Gasteiger partial charge in [-0.3, -0.25) is 13.9 Å². The molecule has 9 heteroatoms.